The van der Waals surface area contributed by atoms with Crippen molar-refractivity contribution in [3.63, 3.8) is 0 Å². The van der Waals surface area contributed by atoms with E-state index in [0.717, 1.165) is 25.9 Å². The number of hydrogen-bond acceptors (Lipinski definition) is 6. The highest BCUT2D eigenvalue weighted by atomic mass is 31.2. The van der Waals surface area contributed by atoms with E-state index in [1.54, 1.807) is 0 Å². The van der Waals surface area contributed by atoms with Crippen LogP contribution in [0.15, 0.2) is 0 Å². The molecule has 210 valence electrons. The van der Waals surface area contributed by atoms with Crippen LogP contribution in [-0.4, -0.2) is 68.0 Å². The maximum absolute atomic E-state index is 12.2. The second kappa shape index (κ2) is 25.2. The summed E-state index contributed by atoms with van der Waals surface area (Å²) in [6.45, 7) is 9.39. The van der Waals surface area contributed by atoms with E-state index < -0.39 is 13.7 Å². The lowest BCUT2D eigenvalue weighted by Gasteiger charge is -2.21. The highest BCUT2D eigenvalue weighted by Crippen LogP contribution is 2.41. The lowest BCUT2D eigenvalue weighted by atomic mass is 10.0. The van der Waals surface area contributed by atoms with Crippen molar-refractivity contribution >= 4 is 14.1 Å². The second-order valence-electron chi connectivity index (χ2n) is 9.56. The van der Waals surface area contributed by atoms with Gasteiger partial charge in [0.1, 0.15) is 6.10 Å². The average molecular weight is 522 g/mol. The Morgan fingerprint density at radius 1 is 0.771 bits per heavy atom. The molecule has 7 nitrogen and oxygen atoms in total. The number of carbonyl (C=O) groups excluding carboxylic acids is 1. The third kappa shape index (κ3) is 23.7. The second-order valence-corrected chi connectivity index (χ2v) is 11.5. The van der Waals surface area contributed by atoms with Crippen molar-refractivity contribution in [3.8, 4) is 0 Å². The summed E-state index contributed by atoms with van der Waals surface area (Å²) in [7, 11) is -3.72. The first-order valence-corrected chi connectivity index (χ1v) is 16.1. The molecule has 2 atom stereocenters. The van der Waals surface area contributed by atoms with Crippen LogP contribution in [0.25, 0.3) is 0 Å². The van der Waals surface area contributed by atoms with Crippen LogP contribution >= 0.6 is 7.60 Å². The summed E-state index contributed by atoms with van der Waals surface area (Å²) < 4.78 is 28.0. The maximum Gasteiger partial charge on any atom is 0.329 e. The molecule has 0 radical (unpaired) electrons. The Bertz CT molecular complexity index is 504. The van der Waals surface area contributed by atoms with Gasteiger partial charge >= 0.3 is 7.60 Å². The Kier molecular flexibility index (Phi) is 24.9. The Balaban J connectivity index is 3.64. The highest BCUT2D eigenvalue weighted by Gasteiger charge is 2.23. The summed E-state index contributed by atoms with van der Waals surface area (Å²) in [6, 6.07) is 0. The quantitative estimate of drug-likeness (QED) is 0.0676. The molecule has 0 aromatic rings. The summed E-state index contributed by atoms with van der Waals surface area (Å²) in [5.74, 6) is 0. The standard InChI is InChI=1S/C27H56NO6P/c1-4-7-8-9-10-11-12-13-14-15-16-17-18-19-20-22-32-24-27(33-26-29)25-34-35(30,31)23-21-28(5-2)6-3/h26-27H,4-25H2,1-3H3,(H,30,31). The van der Waals surface area contributed by atoms with Crippen molar-refractivity contribution < 1.29 is 28.3 Å². The summed E-state index contributed by atoms with van der Waals surface area (Å²) in [6.07, 6.45) is 19.2. The van der Waals surface area contributed by atoms with E-state index in [9.17, 15) is 14.3 Å². The van der Waals surface area contributed by atoms with Crippen molar-refractivity contribution in [2.75, 3.05) is 45.6 Å². The van der Waals surface area contributed by atoms with E-state index in [4.69, 9.17) is 14.0 Å². The van der Waals surface area contributed by atoms with Crippen LogP contribution in [0.2, 0.25) is 0 Å². The van der Waals surface area contributed by atoms with Crippen LogP contribution in [0, 0.1) is 0 Å². The Labute approximate surface area is 216 Å². The van der Waals surface area contributed by atoms with E-state index in [1.165, 1.54) is 83.5 Å². The number of hydrogen-bond donors (Lipinski definition) is 1. The van der Waals surface area contributed by atoms with Gasteiger partial charge in [0, 0.05) is 13.2 Å². The zero-order chi connectivity index (χ0) is 26.0. The minimum Gasteiger partial charge on any atom is -0.460 e. The fraction of sp³-hybridized carbons (Fsp3) is 0.963. The van der Waals surface area contributed by atoms with E-state index in [-0.39, 0.29) is 19.4 Å². The first-order valence-electron chi connectivity index (χ1n) is 14.3. The summed E-state index contributed by atoms with van der Waals surface area (Å²) >= 11 is 0. The smallest absolute Gasteiger partial charge is 0.329 e. The molecule has 2 unspecified atom stereocenters. The molecule has 0 amide bonds. The molecule has 8 heteroatoms. The third-order valence-corrected chi connectivity index (χ3v) is 7.82. The summed E-state index contributed by atoms with van der Waals surface area (Å²) in [5, 5.41) is 0. The van der Waals surface area contributed by atoms with Crippen LogP contribution in [0.1, 0.15) is 117 Å². The van der Waals surface area contributed by atoms with Crippen LogP contribution in [-0.2, 0) is 23.4 Å². The van der Waals surface area contributed by atoms with Gasteiger partial charge < -0.3 is 23.8 Å². The monoisotopic (exact) mass is 521 g/mol. The van der Waals surface area contributed by atoms with Crippen molar-refractivity contribution in [1.82, 2.24) is 4.90 Å². The van der Waals surface area contributed by atoms with Crippen LogP contribution in [0.4, 0.5) is 0 Å². The Morgan fingerprint density at radius 3 is 1.71 bits per heavy atom. The van der Waals surface area contributed by atoms with Gasteiger partial charge in [0.25, 0.3) is 6.47 Å². The molecule has 0 saturated heterocycles. The molecule has 0 heterocycles. The predicted octanol–water partition coefficient (Wildman–Crippen LogP) is 6.96. The average Bonchev–Trinajstić information content (AvgIpc) is 2.85. The van der Waals surface area contributed by atoms with E-state index in [0.29, 0.717) is 19.6 Å². The fourth-order valence-corrected chi connectivity index (χ4v) is 5.13. The minimum atomic E-state index is -3.72. The van der Waals surface area contributed by atoms with Crippen molar-refractivity contribution in [2.24, 2.45) is 0 Å². The van der Waals surface area contributed by atoms with Gasteiger partial charge in [-0.3, -0.25) is 9.36 Å². The lowest BCUT2D eigenvalue weighted by molar-refractivity contribution is -0.138. The SMILES string of the molecule is CCCCCCCCCCCCCCCCCOCC(COP(=O)(O)CCN(CC)CC)OC=O. The molecule has 0 spiro atoms. The molecule has 0 aliphatic rings. The molecular weight excluding hydrogens is 465 g/mol. The Morgan fingerprint density at radius 2 is 1.26 bits per heavy atom. The van der Waals surface area contributed by atoms with E-state index >= 15 is 0 Å². The normalized spacial score (nSPS) is 14.2. The topological polar surface area (TPSA) is 85.3 Å². The summed E-state index contributed by atoms with van der Waals surface area (Å²) in [4.78, 5) is 22.8. The molecular formula is C27H56NO6P. The molecule has 35 heavy (non-hydrogen) atoms. The number of rotatable bonds is 28. The number of carbonyl (C=O) groups is 1. The van der Waals surface area contributed by atoms with Gasteiger partial charge in [-0.1, -0.05) is 111 Å². The molecule has 0 aliphatic heterocycles. The highest BCUT2D eigenvalue weighted by molar-refractivity contribution is 7.52. The van der Waals surface area contributed by atoms with E-state index in [2.05, 4.69) is 11.8 Å². The fourth-order valence-electron chi connectivity index (χ4n) is 4.07. The number of nitrogens with zero attached hydrogens (tertiary/aromatic N) is 1. The molecule has 0 rings (SSSR count). The minimum absolute atomic E-state index is 0.0580. The third-order valence-electron chi connectivity index (χ3n) is 6.50. The predicted molar refractivity (Wildman–Crippen MR) is 145 cm³/mol. The van der Waals surface area contributed by atoms with Gasteiger partial charge in [0.15, 0.2) is 0 Å². The van der Waals surface area contributed by atoms with Crippen molar-refractivity contribution in [3.05, 3.63) is 0 Å². The molecule has 0 aromatic carbocycles. The van der Waals surface area contributed by atoms with Crippen LogP contribution in [0.3, 0.4) is 0 Å². The van der Waals surface area contributed by atoms with Gasteiger partial charge in [-0.2, -0.15) is 0 Å². The van der Waals surface area contributed by atoms with Crippen molar-refractivity contribution in [2.45, 2.75) is 123 Å². The molecule has 0 aliphatic carbocycles. The first kappa shape index (κ1) is 34.5. The maximum atomic E-state index is 12.2. The molecule has 1 N–H and O–H groups in total. The summed E-state index contributed by atoms with van der Waals surface area (Å²) in [5.41, 5.74) is 0. The number of ether oxygens (including phenoxy) is 2. The zero-order valence-electron chi connectivity index (χ0n) is 23.1. The zero-order valence-corrected chi connectivity index (χ0v) is 24.0. The molecule has 0 aromatic heterocycles. The Hall–Kier alpha value is -0.460. The van der Waals surface area contributed by atoms with Gasteiger partial charge in [-0.15, -0.1) is 0 Å². The lowest BCUT2D eigenvalue weighted by Crippen LogP contribution is -2.28. The van der Waals surface area contributed by atoms with E-state index in [1.807, 2.05) is 13.8 Å². The molecule has 0 bridgehead atoms. The van der Waals surface area contributed by atoms with Crippen LogP contribution in [0.5, 0.6) is 0 Å². The molecule has 0 saturated carbocycles. The van der Waals surface area contributed by atoms with Gasteiger partial charge in [-0.25, -0.2) is 0 Å². The van der Waals surface area contributed by atoms with Gasteiger partial charge in [0.05, 0.1) is 19.4 Å². The largest absolute Gasteiger partial charge is 0.460 e. The first-order chi connectivity index (χ1) is 17.0. The molecule has 0 fully saturated rings. The van der Waals surface area contributed by atoms with Gasteiger partial charge in [0.2, 0.25) is 0 Å². The van der Waals surface area contributed by atoms with Crippen molar-refractivity contribution in [1.29, 1.82) is 0 Å². The van der Waals surface area contributed by atoms with Gasteiger partial charge in [-0.05, 0) is 19.5 Å². The number of unbranched alkanes of at least 4 members (excludes halogenated alkanes) is 14. The van der Waals surface area contributed by atoms with Crippen LogP contribution < -0.4 is 0 Å².